The van der Waals surface area contributed by atoms with Gasteiger partial charge in [0.2, 0.25) is 0 Å². The van der Waals surface area contributed by atoms with E-state index in [0.717, 1.165) is 22.6 Å². The second-order valence-corrected chi connectivity index (χ2v) is 4.27. The highest BCUT2D eigenvalue weighted by Crippen LogP contribution is 2.26. The number of benzene rings is 2. The summed E-state index contributed by atoms with van der Waals surface area (Å²) >= 11 is 0. The van der Waals surface area contributed by atoms with Gasteiger partial charge in [-0.15, -0.1) is 0 Å². The fraction of sp³-hybridized carbons (Fsp3) is 0.188. The highest BCUT2D eigenvalue weighted by molar-refractivity contribution is 5.72. The van der Waals surface area contributed by atoms with E-state index < -0.39 is 0 Å². The molecule has 0 N–H and O–H groups in total. The van der Waals surface area contributed by atoms with Crippen LogP contribution in [0.1, 0.15) is 11.1 Å². The summed E-state index contributed by atoms with van der Waals surface area (Å²) in [4.78, 5) is 11.3. The van der Waals surface area contributed by atoms with E-state index >= 15 is 0 Å². The van der Waals surface area contributed by atoms with Crippen LogP contribution >= 0.6 is 0 Å². The summed E-state index contributed by atoms with van der Waals surface area (Å²) in [6.07, 6.45) is 0.252. The van der Waals surface area contributed by atoms with Crippen molar-refractivity contribution in [2.24, 2.45) is 0 Å². The molecule has 0 fully saturated rings. The molecule has 0 saturated carbocycles. The Kier molecular flexibility index (Phi) is 4.18. The van der Waals surface area contributed by atoms with Gasteiger partial charge in [-0.2, -0.15) is 0 Å². The molecule has 19 heavy (non-hydrogen) atoms. The lowest BCUT2D eigenvalue weighted by Gasteiger charge is -2.10. The molecule has 0 aliphatic rings. The number of esters is 1. The van der Waals surface area contributed by atoms with Crippen LogP contribution in [-0.4, -0.2) is 13.1 Å². The van der Waals surface area contributed by atoms with Crippen molar-refractivity contribution < 1.29 is 14.3 Å². The zero-order chi connectivity index (χ0) is 13.7. The van der Waals surface area contributed by atoms with Gasteiger partial charge in [0, 0.05) is 0 Å². The summed E-state index contributed by atoms with van der Waals surface area (Å²) in [6, 6.07) is 15.3. The fourth-order valence-electron chi connectivity index (χ4n) is 1.72. The quantitative estimate of drug-likeness (QED) is 0.785. The predicted molar refractivity (Wildman–Crippen MR) is 73.4 cm³/mol. The molecule has 0 saturated heterocycles. The third-order valence-electron chi connectivity index (χ3n) is 2.80. The highest BCUT2D eigenvalue weighted by atomic mass is 16.5. The zero-order valence-electron chi connectivity index (χ0n) is 11.1. The van der Waals surface area contributed by atoms with Crippen molar-refractivity contribution in [1.29, 1.82) is 0 Å². The molecule has 2 aromatic rings. The number of rotatable bonds is 4. The molecular formula is C16H16O3. The molecule has 0 aliphatic heterocycles. The molecule has 2 rings (SSSR count). The normalized spacial score (nSPS) is 10.0. The van der Waals surface area contributed by atoms with Gasteiger partial charge in [0.05, 0.1) is 13.5 Å². The van der Waals surface area contributed by atoms with Gasteiger partial charge in [0.15, 0.2) is 0 Å². The van der Waals surface area contributed by atoms with Crippen LogP contribution in [0.25, 0.3) is 0 Å². The van der Waals surface area contributed by atoms with Crippen molar-refractivity contribution in [3.05, 3.63) is 59.7 Å². The number of carbonyl (C=O) groups is 1. The van der Waals surface area contributed by atoms with Crippen molar-refractivity contribution in [2.45, 2.75) is 13.3 Å². The van der Waals surface area contributed by atoms with Gasteiger partial charge in [-0.1, -0.05) is 30.3 Å². The van der Waals surface area contributed by atoms with E-state index in [2.05, 4.69) is 4.74 Å². The van der Waals surface area contributed by atoms with Crippen LogP contribution in [0.4, 0.5) is 0 Å². The first-order chi connectivity index (χ1) is 9.19. The van der Waals surface area contributed by atoms with Gasteiger partial charge in [0.1, 0.15) is 11.5 Å². The molecule has 0 unspecified atom stereocenters. The average Bonchev–Trinajstić information content (AvgIpc) is 2.43. The van der Waals surface area contributed by atoms with Crippen LogP contribution in [0.15, 0.2) is 48.5 Å². The van der Waals surface area contributed by atoms with Crippen LogP contribution in [-0.2, 0) is 16.0 Å². The zero-order valence-corrected chi connectivity index (χ0v) is 11.1. The summed E-state index contributed by atoms with van der Waals surface area (Å²) < 4.78 is 10.5. The topological polar surface area (TPSA) is 35.5 Å². The van der Waals surface area contributed by atoms with Gasteiger partial charge in [-0.3, -0.25) is 4.79 Å². The summed E-state index contributed by atoms with van der Waals surface area (Å²) in [5, 5.41) is 0. The van der Waals surface area contributed by atoms with Crippen LogP contribution in [0.2, 0.25) is 0 Å². The summed E-state index contributed by atoms with van der Waals surface area (Å²) in [5.74, 6) is 1.28. The third-order valence-corrected chi connectivity index (χ3v) is 2.80. The van der Waals surface area contributed by atoms with E-state index in [1.54, 1.807) is 0 Å². The van der Waals surface area contributed by atoms with Crippen LogP contribution in [0.3, 0.4) is 0 Å². The van der Waals surface area contributed by atoms with Crippen molar-refractivity contribution in [3.8, 4) is 11.5 Å². The van der Waals surface area contributed by atoms with Gasteiger partial charge < -0.3 is 9.47 Å². The Bertz CT molecular complexity index is 561. The number of hydrogen-bond acceptors (Lipinski definition) is 3. The molecule has 0 spiro atoms. The van der Waals surface area contributed by atoms with E-state index in [0.29, 0.717) is 0 Å². The summed E-state index contributed by atoms with van der Waals surface area (Å²) in [7, 11) is 1.39. The third kappa shape index (κ3) is 3.58. The molecule has 0 aliphatic carbocycles. The second-order valence-electron chi connectivity index (χ2n) is 4.27. The van der Waals surface area contributed by atoms with E-state index in [9.17, 15) is 4.79 Å². The number of carbonyl (C=O) groups excluding carboxylic acids is 1. The predicted octanol–water partition coefficient (Wildman–Crippen LogP) is 3.50. The Balaban J connectivity index is 2.20. The number of ether oxygens (including phenoxy) is 2. The summed E-state index contributed by atoms with van der Waals surface area (Å²) in [5.41, 5.74) is 1.90. The number of hydrogen-bond donors (Lipinski definition) is 0. The van der Waals surface area contributed by atoms with Gasteiger partial charge in [-0.25, -0.2) is 0 Å². The van der Waals surface area contributed by atoms with Crippen molar-refractivity contribution in [1.82, 2.24) is 0 Å². The fourth-order valence-corrected chi connectivity index (χ4v) is 1.72. The number of para-hydroxylation sites is 1. The molecular weight excluding hydrogens is 240 g/mol. The van der Waals surface area contributed by atoms with Crippen LogP contribution < -0.4 is 4.74 Å². The van der Waals surface area contributed by atoms with Crippen LogP contribution in [0, 0.1) is 6.92 Å². The van der Waals surface area contributed by atoms with Gasteiger partial charge in [-0.05, 0) is 36.2 Å². The monoisotopic (exact) mass is 256 g/mol. The van der Waals surface area contributed by atoms with Gasteiger partial charge in [0.25, 0.3) is 0 Å². The van der Waals surface area contributed by atoms with E-state index in [-0.39, 0.29) is 12.4 Å². The summed E-state index contributed by atoms with van der Waals surface area (Å²) in [6.45, 7) is 1.97. The second kappa shape index (κ2) is 6.05. The molecule has 0 bridgehead atoms. The number of methoxy groups -OCH3 is 1. The minimum absolute atomic E-state index is 0.252. The Morgan fingerprint density at radius 3 is 2.53 bits per heavy atom. The minimum Gasteiger partial charge on any atom is -0.469 e. The molecule has 0 atom stereocenters. The van der Waals surface area contributed by atoms with Crippen molar-refractivity contribution in [2.75, 3.05) is 7.11 Å². The molecule has 98 valence electrons. The lowest BCUT2D eigenvalue weighted by Crippen LogP contribution is -2.04. The Morgan fingerprint density at radius 1 is 1.11 bits per heavy atom. The van der Waals surface area contributed by atoms with E-state index in [1.165, 1.54) is 7.11 Å². The molecule has 0 amide bonds. The first-order valence-electron chi connectivity index (χ1n) is 6.08. The van der Waals surface area contributed by atoms with E-state index in [4.69, 9.17) is 4.74 Å². The minimum atomic E-state index is -0.255. The Hall–Kier alpha value is -2.29. The first kappa shape index (κ1) is 13.1. The van der Waals surface area contributed by atoms with Crippen molar-refractivity contribution >= 4 is 5.97 Å². The Morgan fingerprint density at radius 2 is 1.84 bits per heavy atom. The maximum Gasteiger partial charge on any atom is 0.309 e. The van der Waals surface area contributed by atoms with Crippen molar-refractivity contribution in [3.63, 3.8) is 0 Å². The number of aryl methyl sites for hydroxylation is 1. The Labute approximate surface area is 112 Å². The molecule has 0 aromatic heterocycles. The molecule has 0 heterocycles. The van der Waals surface area contributed by atoms with Crippen LogP contribution in [0.5, 0.6) is 11.5 Å². The van der Waals surface area contributed by atoms with Gasteiger partial charge >= 0.3 is 5.97 Å². The van der Waals surface area contributed by atoms with E-state index in [1.807, 2.05) is 55.5 Å². The molecule has 2 aromatic carbocycles. The molecule has 3 nitrogen and oxygen atoms in total. The lowest BCUT2D eigenvalue weighted by atomic mass is 10.1. The largest absolute Gasteiger partial charge is 0.469 e. The SMILES string of the molecule is COC(=O)Cc1ccc(C)c(Oc2ccccc2)c1. The average molecular weight is 256 g/mol. The molecule has 0 radical (unpaired) electrons. The first-order valence-corrected chi connectivity index (χ1v) is 6.08. The standard InChI is InChI=1S/C16H16O3/c1-12-8-9-13(11-16(17)18-2)10-15(12)19-14-6-4-3-5-7-14/h3-10H,11H2,1-2H3. The smallest absolute Gasteiger partial charge is 0.309 e. The molecule has 3 heteroatoms. The lowest BCUT2D eigenvalue weighted by molar-refractivity contribution is -0.139. The highest BCUT2D eigenvalue weighted by Gasteiger charge is 2.07. The maximum atomic E-state index is 11.3. The maximum absolute atomic E-state index is 11.3.